The Bertz CT molecular complexity index is 243. The molecule has 78 valence electrons. The van der Waals surface area contributed by atoms with Crippen LogP contribution in [0.3, 0.4) is 0 Å². The van der Waals surface area contributed by atoms with Crippen LogP contribution in [0.5, 0.6) is 0 Å². The third-order valence-electron chi connectivity index (χ3n) is 2.75. The summed E-state index contributed by atoms with van der Waals surface area (Å²) in [6.45, 7) is 8.63. The van der Waals surface area contributed by atoms with E-state index in [-0.39, 0.29) is 0 Å². The van der Waals surface area contributed by atoms with E-state index in [1.54, 1.807) is 0 Å². The van der Waals surface area contributed by atoms with E-state index in [1.165, 1.54) is 12.1 Å². The Labute approximate surface area is 87.5 Å². The average molecular weight is 191 g/mol. The summed E-state index contributed by atoms with van der Waals surface area (Å²) in [5, 5.41) is 3.42. The number of benzene rings is 1. The molecule has 0 spiro atoms. The molecule has 1 nitrogen and oxygen atoms in total. The Balaban J connectivity index is 0.000000461. The van der Waals surface area contributed by atoms with Gasteiger partial charge in [-0.15, -0.1) is 0 Å². The fourth-order valence-electron chi connectivity index (χ4n) is 1.96. The zero-order valence-electron chi connectivity index (χ0n) is 9.46. The van der Waals surface area contributed by atoms with Crippen molar-refractivity contribution in [2.45, 2.75) is 26.7 Å². The molecule has 0 saturated carbocycles. The smallest absolute Gasteiger partial charge is 0.00233 e. The molecule has 1 saturated heterocycles. The highest BCUT2D eigenvalue weighted by Gasteiger charge is 2.23. The molecule has 1 fully saturated rings. The van der Waals surface area contributed by atoms with Crippen LogP contribution in [0.25, 0.3) is 0 Å². The minimum Gasteiger partial charge on any atom is -0.316 e. The highest BCUT2D eigenvalue weighted by Crippen LogP contribution is 2.26. The molecule has 1 aliphatic heterocycles. The molecule has 0 radical (unpaired) electrons. The Hall–Kier alpha value is -0.820. The highest BCUT2D eigenvalue weighted by atomic mass is 14.9. The van der Waals surface area contributed by atoms with Gasteiger partial charge in [-0.1, -0.05) is 51.1 Å². The summed E-state index contributed by atoms with van der Waals surface area (Å²) in [4.78, 5) is 0. The third kappa shape index (κ3) is 2.58. The summed E-state index contributed by atoms with van der Waals surface area (Å²) < 4.78 is 0. The van der Waals surface area contributed by atoms with Crippen molar-refractivity contribution in [2.75, 3.05) is 13.1 Å². The first-order chi connectivity index (χ1) is 6.88. The van der Waals surface area contributed by atoms with Gasteiger partial charge < -0.3 is 5.32 Å². The Morgan fingerprint density at radius 2 is 1.71 bits per heavy atom. The molecule has 0 amide bonds. The van der Waals surface area contributed by atoms with Gasteiger partial charge in [-0.25, -0.2) is 0 Å². The van der Waals surface area contributed by atoms with E-state index in [0.29, 0.717) is 0 Å². The first-order valence-corrected chi connectivity index (χ1v) is 5.63. The minimum atomic E-state index is 0.728. The SMILES string of the molecule is CC.CC1CNCC1c1ccccc1. The normalized spacial score (nSPS) is 25.4. The highest BCUT2D eigenvalue weighted by molar-refractivity contribution is 5.21. The van der Waals surface area contributed by atoms with Crippen LogP contribution in [0.15, 0.2) is 30.3 Å². The molecule has 1 heteroatoms. The van der Waals surface area contributed by atoms with Crippen LogP contribution >= 0.6 is 0 Å². The molecule has 1 heterocycles. The molecule has 2 rings (SSSR count). The van der Waals surface area contributed by atoms with E-state index in [4.69, 9.17) is 0 Å². The topological polar surface area (TPSA) is 12.0 Å². The number of rotatable bonds is 1. The summed E-state index contributed by atoms with van der Waals surface area (Å²) >= 11 is 0. The van der Waals surface area contributed by atoms with Gasteiger partial charge in [0.2, 0.25) is 0 Å². The Kier molecular flexibility index (Phi) is 4.68. The number of nitrogens with one attached hydrogen (secondary N) is 1. The molecule has 0 aliphatic carbocycles. The average Bonchev–Trinajstić information content (AvgIpc) is 2.69. The third-order valence-corrected chi connectivity index (χ3v) is 2.75. The van der Waals surface area contributed by atoms with Gasteiger partial charge in [0.05, 0.1) is 0 Å². The van der Waals surface area contributed by atoms with Gasteiger partial charge in [-0.05, 0) is 18.0 Å². The van der Waals surface area contributed by atoms with Crippen molar-refractivity contribution in [3.8, 4) is 0 Å². The van der Waals surface area contributed by atoms with Gasteiger partial charge in [0.15, 0.2) is 0 Å². The first-order valence-electron chi connectivity index (χ1n) is 5.63. The molecule has 1 aromatic carbocycles. The lowest BCUT2D eigenvalue weighted by atomic mass is 9.90. The monoisotopic (exact) mass is 191 g/mol. The molecule has 2 unspecified atom stereocenters. The summed E-state index contributed by atoms with van der Waals surface area (Å²) in [6.07, 6.45) is 0. The van der Waals surface area contributed by atoms with Crippen molar-refractivity contribution in [1.82, 2.24) is 5.32 Å². The Morgan fingerprint density at radius 1 is 1.07 bits per heavy atom. The van der Waals surface area contributed by atoms with Crippen molar-refractivity contribution in [1.29, 1.82) is 0 Å². The molecule has 1 N–H and O–H groups in total. The second-order valence-corrected chi connectivity index (χ2v) is 3.65. The van der Waals surface area contributed by atoms with Crippen LogP contribution in [-0.4, -0.2) is 13.1 Å². The maximum Gasteiger partial charge on any atom is 0.00233 e. The van der Waals surface area contributed by atoms with E-state index >= 15 is 0 Å². The zero-order valence-corrected chi connectivity index (χ0v) is 9.46. The largest absolute Gasteiger partial charge is 0.316 e. The maximum absolute atomic E-state index is 3.42. The molecule has 2 atom stereocenters. The lowest BCUT2D eigenvalue weighted by Gasteiger charge is -2.13. The van der Waals surface area contributed by atoms with Crippen LogP contribution in [0.4, 0.5) is 0 Å². The van der Waals surface area contributed by atoms with E-state index in [9.17, 15) is 0 Å². The summed E-state index contributed by atoms with van der Waals surface area (Å²) in [5.74, 6) is 1.51. The predicted molar refractivity (Wildman–Crippen MR) is 62.6 cm³/mol. The fourth-order valence-corrected chi connectivity index (χ4v) is 1.96. The second kappa shape index (κ2) is 5.82. The number of hydrogen-bond acceptors (Lipinski definition) is 1. The van der Waals surface area contributed by atoms with Gasteiger partial charge in [0.25, 0.3) is 0 Å². The maximum atomic E-state index is 3.42. The molecule has 0 bridgehead atoms. The molecule has 14 heavy (non-hydrogen) atoms. The first kappa shape index (κ1) is 11.3. The lowest BCUT2D eigenvalue weighted by molar-refractivity contribution is 0.572. The molecule has 0 aromatic heterocycles. The molecule has 1 aliphatic rings. The minimum absolute atomic E-state index is 0.728. The predicted octanol–water partition coefficient (Wildman–Crippen LogP) is 3.04. The Morgan fingerprint density at radius 3 is 2.21 bits per heavy atom. The van der Waals surface area contributed by atoms with E-state index in [1.807, 2.05) is 13.8 Å². The van der Waals surface area contributed by atoms with E-state index in [2.05, 4.69) is 42.6 Å². The van der Waals surface area contributed by atoms with E-state index in [0.717, 1.165) is 18.4 Å². The van der Waals surface area contributed by atoms with Crippen LogP contribution in [0.2, 0.25) is 0 Å². The summed E-state index contributed by atoms with van der Waals surface area (Å²) in [7, 11) is 0. The quantitative estimate of drug-likeness (QED) is 0.719. The van der Waals surface area contributed by atoms with Crippen LogP contribution < -0.4 is 5.32 Å². The molecular weight excluding hydrogens is 170 g/mol. The summed E-state index contributed by atoms with van der Waals surface area (Å²) in [5.41, 5.74) is 1.48. The van der Waals surface area contributed by atoms with Crippen LogP contribution in [-0.2, 0) is 0 Å². The van der Waals surface area contributed by atoms with Gasteiger partial charge >= 0.3 is 0 Å². The molecule has 1 aromatic rings. The van der Waals surface area contributed by atoms with Gasteiger partial charge in [0, 0.05) is 12.5 Å². The second-order valence-electron chi connectivity index (χ2n) is 3.65. The molecular formula is C13H21N. The number of hydrogen-bond donors (Lipinski definition) is 1. The van der Waals surface area contributed by atoms with Gasteiger partial charge in [0.1, 0.15) is 0 Å². The van der Waals surface area contributed by atoms with E-state index < -0.39 is 0 Å². The van der Waals surface area contributed by atoms with Gasteiger partial charge in [-0.3, -0.25) is 0 Å². The summed E-state index contributed by atoms with van der Waals surface area (Å²) in [6, 6.07) is 10.8. The lowest BCUT2D eigenvalue weighted by Crippen LogP contribution is -2.07. The zero-order chi connectivity index (χ0) is 10.4. The van der Waals surface area contributed by atoms with Crippen LogP contribution in [0, 0.1) is 5.92 Å². The van der Waals surface area contributed by atoms with Crippen molar-refractivity contribution < 1.29 is 0 Å². The fraction of sp³-hybridized carbons (Fsp3) is 0.538. The van der Waals surface area contributed by atoms with Gasteiger partial charge in [-0.2, -0.15) is 0 Å². The van der Waals surface area contributed by atoms with Crippen molar-refractivity contribution >= 4 is 0 Å². The van der Waals surface area contributed by atoms with Crippen molar-refractivity contribution in [3.63, 3.8) is 0 Å². The standard InChI is InChI=1S/C11H15N.C2H6/c1-9-7-12-8-11(9)10-5-3-2-4-6-10;1-2/h2-6,9,11-12H,7-8H2,1H3;1-2H3. The van der Waals surface area contributed by atoms with Crippen LogP contribution in [0.1, 0.15) is 32.3 Å². The van der Waals surface area contributed by atoms with Crippen molar-refractivity contribution in [3.05, 3.63) is 35.9 Å². The van der Waals surface area contributed by atoms with Crippen molar-refractivity contribution in [2.24, 2.45) is 5.92 Å².